The average molecular weight is 811 g/mol. The lowest BCUT2D eigenvalue weighted by molar-refractivity contribution is -0.164. The molecule has 0 unspecified atom stereocenters. The van der Waals surface area contributed by atoms with Crippen LogP contribution in [0.25, 0.3) is 6.08 Å². The molecule has 0 N–H and O–H groups in total. The molecule has 2 aliphatic heterocycles. The number of hydrogen-bond acceptors (Lipinski definition) is 12. The Morgan fingerprint density at radius 2 is 1.79 bits per heavy atom. The Labute approximate surface area is 333 Å². The number of likely N-dealkylation sites (N-methyl/N-ethyl adjacent to an activating group) is 1. The minimum absolute atomic E-state index is 0.0310. The third-order valence-electron chi connectivity index (χ3n) is 9.46. The Kier molecular flexibility index (Phi) is 15.8. The molecule has 2 saturated heterocycles. The third kappa shape index (κ3) is 12.5. The molecule has 57 heavy (non-hydrogen) atoms. The van der Waals surface area contributed by atoms with Crippen LogP contribution in [0.4, 0.5) is 13.2 Å². The Bertz CT molecular complexity index is 1930. The summed E-state index contributed by atoms with van der Waals surface area (Å²) in [6, 6.07) is 9.12. The summed E-state index contributed by atoms with van der Waals surface area (Å²) in [4.78, 5) is 46.2. The number of halogens is 3. The number of benzene rings is 2. The van der Waals surface area contributed by atoms with Gasteiger partial charge in [-0.15, -0.1) is 11.8 Å². The van der Waals surface area contributed by atoms with Crippen molar-refractivity contribution in [3.63, 3.8) is 0 Å². The van der Waals surface area contributed by atoms with E-state index in [4.69, 9.17) is 24.2 Å². The summed E-state index contributed by atoms with van der Waals surface area (Å²) in [5, 5.41) is 12.1. The predicted octanol–water partition coefficient (Wildman–Crippen LogP) is 5.02. The number of amides is 1. The van der Waals surface area contributed by atoms with Gasteiger partial charge < -0.3 is 28.7 Å². The first-order valence-corrected chi connectivity index (χ1v) is 19.4. The number of carbonyl (C=O) groups is 3. The number of nitriles is 1. The molecule has 2 aromatic carbocycles. The lowest BCUT2D eigenvalue weighted by Crippen LogP contribution is -2.47. The number of hydrogen-bond donors (Lipinski definition) is 0. The first-order valence-electron chi connectivity index (χ1n) is 18.5. The summed E-state index contributed by atoms with van der Waals surface area (Å²) in [5.41, 5.74) is -1.27. The van der Waals surface area contributed by atoms with Crippen molar-refractivity contribution in [2.45, 2.75) is 61.5 Å². The van der Waals surface area contributed by atoms with Gasteiger partial charge in [0.25, 0.3) is 0 Å². The van der Waals surface area contributed by atoms with Gasteiger partial charge in [0.1, 0.15) is 30.1 Å². The van der Waals surface area contributed by atoms with E-state index in [2.05, 4.69) is 15.0 Å². The number of thioether (sulfide) groups is 1. The van der Waals surface area contributed by atoms with Crippen LogP contribution in [0.3, 0.4) is 0 Å². The third-order valence-corrected chi connectivity index (χ3v) is 10.9. The molecular weight excluding hydrogens is 766 g/mol. The van der Waals surface area contributed by atoms with Gasteiger partial charge >= 0.3 is 11.9 Å². The molecular formula is C40H45F3N6O7S. The van der Waals surface area contributed by atoms with Crippen LogP contribution in [-0.4, -0.2) is 112 Å². The minimum atomic E-state index is -1.73. The number of esters is 2. The normalized spacial score (nSPS) is 19.3. The lowest BCUT2D eigenvalue weighted by Gasteiger charge is -2.40. The van der Waals surface area contributed by atoms with Gasteiger partial charge in [-0.25, -0.2) is 22.8 Å². The smallest absolute Gasteiger partial charge is 0.306 e. The molecule has 304 valence electrons. The summed E-state index contributed by atoms with van der Waals surface area (Å²) in [7, 11) is 1.98. The molecule has 3 aromatic rings. The largest absolute Gasteiger partial charge is 0.466 e. The highest BCUT2D eigenvalue weighted by molar-refractivity contribution is 8.00. The quantitative estimate of drug-likeness (QED) is 0.102. The van der Waals surface area contributed by atoms with E-state index in [1.807, 2.05) is 13.1 Å². The maximum absolute atomic E-state index is 15.7. The maximum Gasteiger partial charge on any atom is 0.306 e. The van der Waals surface area contributed by atoms with E-state index in [0.717, 1.165) is 31.3 Å². The van der Waals surface area contributed by atoms with Crippen LogP contribution < -0.4 is 0 Å². The second-order valence-electron chi connectivity index (χ2n) is 13.6. The Hall–Kier alpha value is -5.02. The van der Waals surface area contributed by atoms with Crippen molar-refractivity contribution in [3.05, 3.63) is 101 Å². The topological polar surface area (TPSA) is 149 Å². The summed E-state index contributed by atoms with van der Waals surface area (Å²) < 4.78 is 68.7. The van der Waals surface area contributed by atoms with E-state index in [9.17, 15) is 23.2 Å². The zero-order valence-corrected chi connectivity index (χ0v) is 32.5. The molecule has 2 fully saturated rings. The van der Waals surface area contributed by atoms with Gasteiger partial charge in [0.2, 0.25) is 5.91 Å². The maximum atomic E-state index is 15.7. The van der Waals surface area contributed by atoms with Gasteiger partial charge in [0, 0.05) is 61.5 Å². The molecule has 0 spiro atoms. The number of allylic oxidation sites excluding steroid dienone is 2. The van der Waals surface area contributed by atoms with E-state index >= 15 is 4.39 Å². The van der Waals surface area contributed by atoms with Crippen LogP contribution in [0.2, 0.25) is 0 Å². The molecule has 2 aliphatic rings. The first-order chi connectivity index (χ1) is 27.4. The van der Waals surface area contributed by atoms with Crippen LogP contribution in [0, 0.1) is 28.8 Å². The molecule has 0 radical (unpaired) electrons. The fraction of sp³-hybridized carbons (Fsp3) is 0.450. The van der Waals surface area contributed by atoms with Crippen LogP contribution >= 0.6 is 11.8 Å². The van der Waals surface area contributed by atoms with Gasteiger partial charge in [0.15, 0.2) is 11.9 Å². The summed E-state index contributed by atoms with van der Waals surface area (Å²) in [6.07, 6.45) is 8.29. The highest BCUT2D eigenvalue weighted by atomic mass is 32.2. The first kappa shape index (κ1) is 43.1. The highest BCUT2D eigenvalue weighted by Gasteiger charge is 2.46. The van der Waals surface area contributed by atoms with Gasteiger partial charge in [-0.2, -0.15) is 10.4 Å². The second kappa shape index (κ2) is 20.9. The van der Waals surface area contributed by atoms with E-state index < -0.39 is 46.5 Å². The molecule has 0 bridgehead atoms. The van der Waals surface area contributed by atoms with Gasteiger partial charge in [-0.1, -0.05) is 24.3 Å². The molecule has 0 aliphatic carbocycles. The molecule has 17 heteroatoms. The number of ether oxygens (including phenoxy) is 4. The van der Waals surface area contributed by atoms with Crippen molar-refractivity contribution in [2.75, 3.05) is 53.0 Å². The molecule has 1 aromatic heterocycles. The van der Waals surface area contributed by atoms with E-state index in [1.165, 1.54) is 47.3 Å². The number of nitrogens with zero attached hydrogens (tertiary/aromatic N) is 6. The Morgan fingerprint density at radius 1 is 1.02 bits per heavy atom. The molecule has 13 nitrogen and oxygen atoms in total. The second-order valence-corrected chi connectivity index (χ2v) is 15.3. The summed E-state index contributed by atoms with van der Waals surface area (Å²) in [6.45, 7) is 4.66. The minimum Gasteiger partial charge on any atom is -0.466 e. The van der Waals surface area contributed by atoms with Crippen molar-refractivity contribution < 1.29 is 46.5 Å². The van der Waals surface area contributed by atoms with Crippen molar-refractivity contribution in [1.82, 2.24) is 24.6 Å². The fourth-order valence-corrected chi connectivity index (χ4v) is 7.64. The number of carbonyl (C=O) groups excluding carboxylic acids is 3. The van der Waals surface area contributed by atoms with Crippen LogP contribution in [-0.2, 0) is 45.5 Å². The van der Waals surface area contributed by atoms with E-state index in [0.29, 0.717) is 18.7 Å². The van der Waals surface area contributed by atoms with Crippen molar-refractivity contribution in [1.29, 1.82) is 5.26 Å². The molecule has 0 saturated carbocycles. The van der Waals surface area contributed by atoms with Crippen molar-refractivity contribution in [2.24, 2.45) is 0 Å². The van der Waals surface area contributed by atoms with Gasteiger partial charge in [-0.3, -0.25) is 14.4 Å². The van der Waals surface area contributed by atoms with E-state index in [-0.39, 0.29) is 74.3 Å². The van der Waals surface area contributed by atoms with Gasteiger partial charge in [-0.05, 0) is 50.7 Å². The van der Waals surface area contributed by atoms with Crippen molar-refractivity contribution in [3.8, 4) is 6.07 Å². The molecule has 1 amide bonds. The fourth-order valence-electron chi connectivity index (χ4n) is 6.28. The lowest BCUT2D eigenvalue weighted by atomic mass is 9.89. The Morgan fingerprint density at radius 3 is 2.47 bits per heavy atom. The SMILES string of the molecule is C[C@@H](SC1COC(C=CC=Cc2ccc(C#N)cc2F)OC1)[C@@](Cn1cncn1)(OC(=O)CCCOC(=O)CCC(=O)N1CCN(C)CC1)c1ccc(F)cc1F. The number of aromatic nitrogens is 3. The predicted molar refractivity (Wildman–Crippen MR) is 203 cm³/mol. The number of rotatable bonds is 17. The molecule has 5 rings (SSSR count). The van der Waals surface area contributed by atoms with E-state index in [1.54, 1.807) is 36.1 Å². The average Bonchev–Trinajstić information content (AvgIpc) is 3.71. The zero-order valence-electron chi connectivity index (χ0n) is 31.7. The van der Waals surface area contributed by atoms with Crippen LogP contribution in [0.15, 0.2) is 67.3 Å². The number of piperazine rings is 1. The molecule has 2 atom stereocenters. The summed E-state index contributed by atoms with van der Waals surface area (Å²) in [5.74, 6) is -3.65. The van der Waals surface area contributed by atoms with Crippen LogP contribution in [0.1, 0.15) is 49.3 Å². The van der Waals surface area contributed by atoms with Gasteiger partial charge in [0.05, 0.1) is 49.7 Å². The zero-order chi connectivity index (χ0) is 40.8. The molecule has 3 heterocycles. The summed E-state index contributed by atoms with van der Waals surface area (Å²) >= 11 is 1.33. The highest BCUT2D eigenvalue weighted by Crippen LogP contribution is 2.42. The standard InChI is InChI=1S/C40H45F3N6O7S/c1-28(57-32-23-54-39(55-24-32)8-4-3-6-30-10-9-29(22-44)20-34(30)42)40(25-49-27-45-26-46-49,33-12-11-31(41)21-35(33)43)56-38(52)7-5-19-53-37(51)14-13-36(50)48-17-15-47(2)16-18-48/h3-4,6,8-12,20-21,26-28,32,39H,5,7,13-19,23-25H2,1-2H3/t28-,32?,39?,40-/m1/s1. The monoisotopic (exact) mass is 810 g/mol. The Balaban J connectivity index is 1.19. The van der Waals surface area contributed by atoms with Crippen molar-refractivity contribution >= 4 is 35.7 Å². The van der Waals surface area contributed by atoms with Crippen LogP contribution in [0.5, 0.6) is 0 Å².